The fourth-order valence-corrected chi connectivity index (χ4v) is 2.03. The predicted octanol–water partition coefficient (Wildman–Crippen LogP) is 3.34. The van der Waals surface area contributed by atoms with Gasteiger partial charge in [-0.1, -0.05) is 46.0 Å². The molecule has 2 rings (SSSR count). The van der Waals surface area contributed by atoms with E-state index in [0.29, 0.717) is 13.2 Å². The number of rotatable bonds is 3. The summed E-state index contributed by atoms with van der Waals surface area (Å²) < 4.78 is 6.63. The minimum absolute atomic E-state index is 0.351. The van der Waals surface area contributed by atoms with Crippen molar-refractivity contribution >= 4 is 15.9 Å². The van der Waals surface area contributed by atoms with Gasteiger partial charge in [-0.3, -0.25) is 0 Å². The van der Waals surface area contributed by atoms with Gasteiger partial charge in [-0.25, -0.2) is 0 Å². The van der Waals surface area contributed by atoms with Gasteiger partial charge in [-0.15, -0.1) is 0 Å². The lowest BCUT2D eigenvalue weighted by molar-refractivity contribution is 0.366. The fraction of sp³-hybridized carbons (Fsp3) is 0.125. The highest BCUT2D eigenvalue weighted by Crippen LogP contribution is 2.22. The summed E-state index contributed by atoms with van der Waals surface area (Å²) in [5.74, 6) is 6.82. The molecule has 0 fully saturated rings. The molecule has 3 heteroatoms. The molecule has 0 aromatic heterocycles. The van der Waals surface area contributed by atoms with E-state index in [9.17, 15) is 0 Å². The molecule has 0 spiro atoms. The van der Waals surface area contributed by atoms with E-state index in [1.807, 2.05) is 48.5 Å². The SMILES string of the molecule is NCc1cc(Br)ccc1OCC#Cc1ccccc1. The lowest BCUT2D eigenvalue weighted by atomic mass is 10.2. The molecule has 0 amide bonds. The van der Waals surface area contributed by atoms with Gasteiger partial charge in [0, 0.05) is 22.1 Å². The van der Waals surface area contributed by atoms with Crippen molar-refractivity contribution in [2.75, 3.05) is 6.61 Å². The zero-order chi connectivity index (χ0) is 13.5. The Morgan fingerprint density at radius 2 is 1.89 bits per heavy atom. The number of hydrogen-bond donors (Lipinski definition) is 1. The first-order valence-corrected chi connectivity index (χ1v) is 6.74. The maximum atomic E-state index is 5.68. The van der Waals surface area contributed by atoms with Crippen molar-refractivity contribution in [2.45, 2.75) is 6.54 Å². The number of nitrogens with two attached hydrogens (primary N) is 1. The smallest absolute Gasteiger partial charge is 0.149 e. The largest absolute Gasteiger partial charge is 0.481 e. The van der Waals surface area contributed by atoms with Crippen LogP contribution >= 0.6 is 15.9 Å². The third kappa shape index (κ3) is 4.13. The lowest BCUT2D eigenvalue weighted by Crippen LogP contribution is -2.02. The molecule has 0 radical (unpaired) electrons. The molecular weight excluding hydrogens is 302 g/mol. The van der Waals surface area contributed by atoms with Crippen molar-refractivity contribution in [3.05, 3.63) is 64.1 Å². The van der Waals surface area contributed by atoms with Crippen LogP contribution in [0, 0.1) is 11.8 Å². The highest BCUT2D eigenvalue weighted by Gasteiger charge is 2.01. The first-order chi connectivity index (χ1) is 9.29. The Hall–Kier alpha value is -1.76. The van der Waals surface area contributed by atoms with Crippen molar-refractivity contribution in [3.8, 4) is 17.6 Å². The van der Waals surface area contributed by atoms with E-state index in [1.165, 1.54) is 0 Å². The van der Waals surface area contributed by atoms with Gasteiger partial charge in [-0.2, -0.15) is 0 Å². The highest BCUT2D eigenvalue weighted by molar-refractivity contribution is 9.10. The van der Waals surface area contributed by atoms with Gasteiger partial charge in [-0.05, 0) is 30.3 Å². The van der Waals surface area contributed by atoms with Crippen molar-refractivity contribution in [2.24, 2.45) is 5.73 Å². The summed E-state index contributed by atoms with van der Waals surface area (Å²) in [5, 5.41) is 0. The zero-order valence-corrected chi connectivity index (χ0v) is 12.0. The Morgan fingerprint density at radius 1 is 1.11 bits per heavy atom. The van der Waals surface area contributed by atoms with Gasteiger partial charge in [0.2, 0.25) is 0 Å². The number of benzene rings is 2. The summed E-state index contributed by atoms with van der Waals surface area (Å²) in [5.41, 5.74) is 7.63. The zero-order valence-electron chi connectivity index (χ0n) is 10.4. The third-order valence-corrected chi connectivity index (χ3v) is 3.04. The molecule has 0 heterocycles. The Kier molecular flexibility index (Phi) is 5.02. The maximum absolute atomic E-state index is 5.68. The van der Waals surface area contributed by atoms with Crippen molar-refractivity contribution in [1.29, 1.82) is 0 Å². The third-order valence-electron chi connectivity index (χ3n) is 2.55. The van der Waals surface area contributed by atoms with Gasteiger partial charge in [0.25, 0.3) is 0 Å². The summed E-state index contributed by atoms with van der Waals surface area (Å²) in [6.07, 6.45) is 0. The molecule has 0 bridgehead atoms. The summed E-state index contributed by atoms with van der Waals surface area (Å²) >= 11 is 3.41. The summed E-state index contributed by atoms with van der Waals surface area (Å²) in [6, 6.07) is 15.6. The predicted molar refractivity (Wildman–Crippen MR) is 80.8 cm³/mol. The number of hydrogen-bond acceptors (Lipinski definition) is 2. The maximum Gasteiger partial charge on any atom is 0.149 e. The van der Waals surface area contributed by atoms with Gasteiger partial charge in [0.15, 0.2) is 0 Å². The molecule has 0 aliphatic rings. The second-order valence-electron chi connectivity index (χ2n) is 3.91. The molecule has 0 aliphatic carbocycles. The average Bonchev–Trinajstić information content (AvgIpc) is 2.46. The Morgan fingerprint density at radius 3 is 2.63 bits per heavy atom. The van der Waals surface area contributed by atoms with Crippen LogP contribution in [-0.4, -0.2) is 6.61 Å². The quantitative estimate of drug-likeness (QED) is 0.882. The molecule has 0 atom stereocenters. The van der Waals surface area contributed by atoms with Crippen LogP contribution in [0.15, 0.2) is 53.0 Å². The second kappa shape index (κ2) is 6.98. The Labute approximate surface area is 121 Å². The number of halogens is 1. The van der Waals surface area contributed by atoms with E-state index >= 15 is 0 Å². The van der Waals surface area contributed by atoms with Crippen LogP contribution in [0.3, 0.4) is 0 Å². The van der Waals surface area contributed by atoms with Crippen LogP contribution < -0.4 is 10.5 Å². The molecule has 2 aromatic rings. The first kappa shape index (κ1) is 13.7. The normalized spacial score (nSPS) is 9.58. The standard InChI is InChI=1S/C16H14BrNO/c17-15-8-9-16(14(11-15)12-18)19-10-4-7-13-5-2-1-3-6-13/h1-3,5-6,8-9,11H,10,12,18H2. The summed E-state index contributed by atoms with van der Waals surface area (Å²) in [6.45, 7) is 0.796. The van der Waals surface area contributed by atoms with Gasteiger partial charge in [0.05, 0.1) is 0 Å². The van der Waals surface area contributed by atoms with E-state index in [-0.39, 0.29) is 0 Å². The van der Waals surface area contributed by atoms with Crippen molar-refractivity contribution in [3.63, 3.8) is 0 Å². The number of ether oxygens (including phenoxy) is 1. The lowest BCUT2D eigenvalue weighted by Gasteiger charge is -2.08. The van der Waals surface area contributed by atoms with Crippen LogP contribution in [0.5, 0.6) is 5.75 Å². The van der Waals surface area contributed by atoms with E-state index in [2.05, 4.69) is 27.8 Å². The Balaban J connectivity index is 1.98. The molecule has 0 aliphatic heterocycles. The molecular formula is C16H14BrNO. The van der Waals surface area contributed by atoms with Gasteiger partial charge in [0.1, 0.15) is 12.4 Å². The monoisotopic (exact) mass is 315 g/mol. The molecule has 19 heavy (non-hydrogen) atoms. The molecule has 96 valence electrons. The van der Waals surface area contributed by atoms with Gasteiger partial charge < -0.3 is 10.5 Å². The van der Waals surface area contributed by atoms with Crippen molar-refractivity contribution < 1.29 is 4.74 Å². The van der Waals surface area contributed by atoms with Gasteiger partial charge >= 0.3 is 0 Å². The topological polar surface area (TPSA) is 35.2 Å². The molecule has 0 saturated carbocycles. The minimum Gasteiger partial charge on any atom is -0.481 e. The van der Waals surface area contributed by atoms with E-state index in [4.69, 9.17) is 10.5 Å². The van der Waals surface area contributed by atoms with Crippen molar-refractivity contribution in [1.82, 2.24) is 0 Å². The molecule has 2 aromatic carbocycles. The molecule has 0 saturated heterocycles. The van der Waals surface area contributed by atoms with Crippen LogP contribution in [0.1, 0.15) is 11.1 Å². The minimum atomic E-state index is 0.351. The Bertz CT molecular complexity index is 599. The van der Waals surface area contributed by atoms with Crippen LogP contribution in [-0.2, 0) is 6.54 Å². The second-order valence-corrected chi connectivity index (χ2v) is 4.83. The first-order valence-electron chi connectivity index (χ1n) is 5.95. The summed E-state index contributed by atoms with van der Waals surface area (Å²) in [4.78, 5) is 0. The van der Waals surface area contributed by atoms with Crippen LogP contribution in [0.4, 0.5) is 0 Å². The fourth-order valence-electron chi connectivity index (χ4n) is 1.62. The highest BCUT2D eigenvalue weighted by atomic mass is 79.9. The summed E-state index contributed by atoms with van der Waals surface area (Å²) in [7, 11) is 0. The average molecular weight is 316 g/mol. The van der Waals surface area contributed by atoms with E-state index < -0.39 is 0 Å². The molecule has 2 nitrogen and oxygen atoms in total. The van der Waals surface area contributed by atoms with E-state index in [1.54, 1.807) is 0 Å². The van der Waals surface area contributed by atoms with E-state index in [0.717, 1.165) is 21.3 Å². The molecule has 2 N–H and O–H groups in total. The molecule has 0 unspecified atom stereocenters. The van der Waals surface area contributed by atoms with Crippen LogP contribution in [0.25, 0.3) is 0 Å². The van der Waals surface area contributed by atoms with Crippen LogP contribution in [0.2, 0.25) is 0 Å².